The normalized spacial score (nSPS) is 10.4. The number of hydrogen-bond donors (Lipinski definition) is 2. The van der Waals surface area contributed by atoms with Crippen LogP contribution >= 0.6 is 0 Å². The zero-order valence-corrected chi connectivity index (χ0v) is 8.28. The van der Waals surface area contributed by atoms with Crippen LogP contribution in [0.4, 0.5) is 5.82 Å². The van der Waals surface area contributed by atoms with Crippen LogP contribution in [0.1, 0.15) is 11.4 Å². The monoisotopic (exact) mass is 191 g/mol. The molecular weight excluding hydrogens is 178 g/mol. The van der Waals surface area contributed by atoms with Crippen LogP contribution in [-0.4, -0.2) is 19.7 Å². The predicted molar refractivity (Wildman–Crippen MR) is 53.9 cm³/mol. The Morgan fingerprint density at radius 1 is 1.57 bits per heavy atom. The summed E-state index contributed by atoms with van der Waals surface area (Å²) in [5.41, 5.74) is 2.19. The van der Waals surface area contributed by atoms with Gasteiger partial charge < -0.3 is 10.3 Å². The van der Waals surface area contributed by atoms with Gasteiger partial charge in [0.1, 0.15) is 5.82 Å². The van der Waals surface area contributed by atoms with Gasteiger partial charge in [0, 0.05) is 25.0 Å². The molecule has 0 unspecified atom stereocenters. The molecule has 0 fully saturated rings. The molecule has 0 saturated carbocycles. The van der Waals surface area contributed by atoms with E-state index in [-0.39, 0.29) is 0 Å². The minimum atomic E-state index is 0.719. The van der Waals surface area contributed by atoms with Crippen molar-refractivity contribution in [3.8, 4) is 0 Å². The highest BCUT2D eigenvalue weighted by atomic mass is 15.3. The smallest absolute Gasteiger partial charge is 0.148 e. The number of aryl methyl sites for hydroxylation is 2. The molecule has 2 N–H and O–H groups in total. The van der Waals surface area contributed by atoms with Crippen molar-refractivity contribution in [3.05, 3.63) is 30.0 Å². The van der Waals surface area contributed by atoms with Gasteiger partial charge in [-0.15, -0.1) is 0 Å². The first-order valence-corrected chi connectivity index (χ1v) is 4.47. The third-order valence-electron chi connectivity index (χ3n) is 2.13. The lowest BCUT2D eigenvalue weighted by Gasteiger charge is -1.98. The lowest BCUT2D eigenvalue weighted by Crippen LogP contribution is -2.01. The van der Waals surface area contributed by atoms with Gasteiger partial charge in [0.25, 0.3) is 0 Å². The number of nitrogens with zero attached hydrogens (tertiary/aromatic N) is 3. The third-order valence-corrected chi connectivity index (χ3v) is 2.13. The van der Waals surface area contributed by atoms with Gasteiger partial charge in [0.05, 0.1) is 18.6 Å². The van der Waals surface area contributed by atoms with Crippen LogP contribution < -0.4 is 5.32 Å². The highest BCUT2D eigenvalue weighted by Gasteiger charge is 2.00. The van der Waals surface area contributed by atoms with E-state index in [9.17, 15) is 0 Å². The van der Waals surface area contributed by atoms with Crippen molar-refractivity contribution in [1.29, 1.82) is 0 Å². The maximum Gasteiger partial charge on any atom is 0.148 e. The average molecular weight is 191 g/mol. The maximum atomic E-state index is 4.28. The van der Waals surface area contributed by atoms with Gasteiger partial charge in [-0.3, -0.25) is 4.68 Å². The fraction of sp³-hybridized carbons (Fsp3) is 0.333. The largest absolute Gasteiger partial charge is 0.363 e. The molecule has 0 aliphatic rings. The second kappa shape index (κ2) is 3.53. The summed E-state index contributed by atoms with van der Waals surface area (Å²) in [6, 6.07) is 2.01. The molecule has 0 radical (unpaired) electrons. The third kappa shape index (κ3) is 1.76. The Bertz CT molecular complexity index is 381. The summed E-state index contributed by atoms with van der Waals surface area (Å²) in [5.74, 6) is 0.889. The van der Waals surface area contributed by atoms with Crippen LogP contribution in [0, 0.1) is 6.92 Å². The lowest BCUT2D eigenvalue weighted by molar-refractivity contribution is 0.740. The van der Waals surface area contributed by atoms with Gasteiger partial charge in [0.2, 0.25) is 0 Å². The Kier molecular flexibility index (Phi) is 2.22. The van der Waals surface area contributed by atoms with Crippen LogP contribution in [0.3, 0.4) is 0 Å². The van der Waals surface area contributed by atoms with Crippen molar-refractivity contribution in [2.75, 3.05) is 5.32 Å². The summed E-state index contributed by atoms with van der Waals surface area (Å²) >= 11 is 0. The number of H-pyrrole nitrogens is 1. The van der Waals surface area contributed by atoms with E-state index in [1.165, 1.54) is 0 Å². The first-order valence-electron chi connectivity index (χ1n) is 4.47. The molecule has 2 heterocycles. The summed E-state index contributed by atoms with van der Waals surface area (Å²) in [6.07, 6.45) is 3.46. The molecule has 0 aliphatic heterocycles. The van der Waals surface area contributed by atoms with Crippen LogP contribution in [0.2, 0.25) is 0 Å². The molecule has 0 aliphatic carbocycles. The first kappa shape index (κ1) is 8.80. The van der Waals surface area contributed by atoms with Gasteiger partial charge in [-0.2, -0.15) is 5.10 Å². The van der Waals surface area contributed by atoms with E-state index in [4.69, 9.17) is 0 Å². The van der Waals surface area contributed by atoms with Crippen LogP contribution in [-0.2, 0) is 13.6 Å². The van der Waals surface area contributed by atoms with Crippen molar-refractivity contribution in [3.63, 3.8) is 0 Å². The molecule has 5 heteroatoms. The minimum absolute atomic E-state index is 0.719. The Morgan fingerprint density at radius 2 is 2.43 bits per heavy atom. The molecule has 0 aromatic carbocycles. The van der Waals surface area contributed by atoms with Crippen LogP contribution in [0.5, 0.6) is 0 Å². The molecule has 74 valence electrons. The Labute approximate surface area is 82.2 Å². The van der Waals surface area contributed by atoms with Crippen molar-refractivity contribution >= 4 is 5.82 Å². The average Bonchev–Trinajstić information content (AvgIpc) is 2.74. The quantitative estimate of drug-likeness (QED) is 0.762. The van der Waals surface area contributed by atoms with E-state index in [1.807, 2.05) is 24.7 Å². The number of aromatic amines is 1. The standard InChI is InChI=1S/C9H13N5/c1-7-3-9(13-14(7)2)11-5-8-4-10-6-12-8/h3-4,6H,5H2,1-2H3,(H,10,12)(H,11,13). The topological polar surface area (TPSA) is 58.5 Å². The van der Waals surface area contributed by atoms with Gasteiger partial charge in [-0.25, -0.2) is 4.98 Å². The van der Waals surface area contributed by atoms with E-state index in [0.29, 0.717) is 0 Å². The first-order chi connectivity index (χ1) is 6.75. The highest BCUT2D eigenvalue weighted by molar-refractivity contribution is 5.35. The number of anilines is 1. The summed E-state index contributed by atoms with van der Waals surface area (Å²) in [6.45, 7) is 2.74. The Morgan fingerprint density at radius 3 is 3.00 bits per heavy atom. The Balaban J connectivity index is 1.98. The molecule has 0 bridgehead atoms. The fourth-order valence-electron chi connectivity index (χ4n) is 1.21. The molecule has 2 aromatic rings. The van der Waals surface area contributed by atoms with Crippen molar-refractivity contribution in [1.82, 2.24) is 19.7 Å². The molecule has 2 aromatic heterocycles. The van der Waals surface area contributed by atoms with Crippen molar-refractivity contribution in [2.24, 2.45) is 7.05 Å². The van der Waals surface area contributed by atoms with Crippen LogP contribution in [0.15, 0.2) is 18.6 Å². The maximum absolute atomic E-state index is 4.28. The van der Waals surface area contributed by atoms with Crippen LogP contribution in [0.25, 0.3) is 0 Å². The predicted octanol–water partition coefficient (Wildman–Crippen LogP) is 1.06. The van der Waals surface area contributed by atoms with E-state index in [2.05, 4.69) is 20.4 Å². The van der Waals surface area contributed by atoms with Gasteiger partial charge in [0.15, 0.2) is 0 Å². The van der Waals surface area contributed by atoms with Gasteiger partial charge >= 0.3 is 0 Å². The molecular formula is C9H13N5. The fourth-order valence-corrected chi connectivity index (χ4v) is 1.21. The van der Waals surface area contributed by atoms with E-state index < -0.39 is 0 Å². The molecule has 0 atom stereocenters. The molecule has 0 amide bonds. The summed E-state index contributed by atoms with van der Waals surface area (Å²) < 4.78 is 1.84. The number of hydrogen-bond acceptors (Lipinski definition) is 3. The molecule has 5 nitrogen and oxygen atoms in total. The second-order valence-electron chi connectivity index (χ2n) is 3.22. The second-order valence-corrected chi connectivity index (χ2v) is 3.22. The highest BCUT2D eigenvalue weighted by Crippen LogP contribution is 2.07. The molecule has 2 rings (SSSR count). The number of imidazole rings is 1. The zero-order chi connectivity index (χ0) is 9.97. The number of aromatic nitrogens is 4. The van der Waals surface area contributed by atoms with Gasteiger partial charge in [-0.1, -0.05) is 0 Å². The number of nitrogens with one attached hydrogen (secondary N) is 2. The SMILES string of the molecule is Cc1cc(NCc2cnc[nH]2)nn1C. The van der Waals surface area contributed by atoms with Crippen molar-refractivity contribution in [2.45, 2.75) is 13.5 Å². The van der Waals surface area contributed by atoms with Gasteiger partial charge in [-0.05, 0) is 6.92 Å². The zero-order valence-electron chi connectivity index (χ0n) is 8.28. The van der Waals surface area contributed by atoms with Crippen molar-refractivity contribution < 1.29 is 0 Å². The van der Waals surface area contributed by atoms with E-state index >= 15 is 0 Å². The van der Waals surface area contributed by atoms with E-state index in [0.717, 1.165) is 23.8 Å². The van der Waals surface area contributed by atoms with E-state index in [1.54, 1.807) is 12.5 Å². The summed E-state index contributed by atoms with van der Waals surface area (Å²) in [7, 11) is 1.93. The summed E-state index contributed by atoms with van der Waals surface area (Å²) in [5, 5.41) is 7.49. The summed E-state index contributed by atoms with van der Waals surface area (Å²) in [4.78, 5) is 6.96. The lowest BCUT2D eigenvalue weighted by atomic mass is 10.4. The number of rotatable bonds is 3. The molecule has 0 spiro atoms. The molecule has 0 saturated heterocycles. The minimum Gasteiger partial charge on any atom is -0.363 e. The molecule has 14 heavy (non-hydrogen) atoms. The Hall–Kier alpha value is -1.78.